The zero-order chi connectivity index (χ0) is 32.9. The van der Waals surface area contributed by atoms with Gasteiger partial charge >= 0.3 is 285 Å². The first-order valence-electron chi connectivity index (χ1n) is 16.1. The van der Waals surface area contributed by atoms with Gasteiger partial charge in [0.1, 0.15) is 0 Å². The molecule has 0 saturated carbocycles. The average molecular weight is 679 g/mol. The van der Waals surface area contributed by atoms with E-state index < -0.39 is 20.3 Å². The maximum absolute atomic E-state index is 17.8. The summed E-state index contributed by atoms with van der Waals surface area (Å²) in [7, 11) is -3.56. The summed E-state index contributed by atoms with van der Waals surface area (Å²) in [4.78, 5) is 0. The van der Waals surface area contributed by atoms with E-state index in [9.17, 15) is 0 Å². The van der Waals surface area contributed by atoms with E-state index >= 15 is 9.13 Å². The maximum atomic E-state index is 17.8. The molecule has 7 rings (SSSR count). The van der Waals surface area contributed by atoms with Gasteiger partial charge in [0.25, 0.3) is 0 Å². The topological polar surface area (TPSA) is 34.1 Å². The molecule has 0 radical (unpaired) electrons. The molecule has 0 atom stereocenters. The minimum atomic E-state index is -4.48. The summed E-state index contributed by atoms with van der Waals surface area (Å²) in [6.45, 7) is -3.84. The summed E-state index contributed by atoms with van der Waals surface area (Å²) < 4.78 is 34.6. The summed E-state index contributed by atoms with van der Waals surface area (Å²) in [5.74, 6) is 0.158. The molecule has 7 aromatic carbocycles. The summed E-state index contributed by atoms with van der Waals surface area (Å²) in [6, 6.07) is 70.7. The van der Waals surface area contributed by atoms with E-state index in [1.165, 1.54) is 0 Å². The van der Waals surface area contributed by atoms with Gasteiger partial charge in [0, 0.05) is 0 Å². The quantitative estimate of drug-likeness (QED) is 0.136. The van der Waals surface area contributed by atoms with Crippen LogP contribution in [0.4, 0.5) is 0 Å². The predicted molar refractivity (Wildman–Crippen MR) is 210 cm³/mol. The van der Waals surface area contributed by atoms with Crippen molar-refractivity contribution in [2.24, 2.45) is 0 Å². The molecule has 2 nitrogen and oxygen atoms in total. The summed E-state index contributed by atoms with van der Waals surface area (Å²) >= 11 is 0. The molecule has 7 aromatic rings. The van der Waals surface area contributed by atoms with Crippen molar-refractivity contribution in [1.29, 1.82) is 0 Å². The third-order valence-corrected chi connectivity index (χ3v) is 31.5. The van der Waals surface area contributed by atoms with Crippen LogP contribution in [0.3, 0.4) is 0 Å². The molecule has 0 aliphatic heterocycles. The van der Waals surface area contributed by atoms with Crippen LogP contribution in [0.2, 0.25) is 0 Å². The van der Waals surface area contributed by atoms with Gasteiger partial charge in [-0.3, -0.25) is 0 Å². The molecule has 0 saturated heterocycles. The molecule has 0 heterocycles. The zero-order valence-electron chi connectivity index (χ0n) is 26.6. The van der Waals surface area contributed by atoms with Crippen molar-refractivity contribution in [2.75, 3.05) is 5.90 Å². The minimum absolute atomic E-state index is 0.158. The first-order chi connectivity index (χ1) is 23.5. The Morgan fingerprint density at radius 3 is 0.812 bits per heavy atom. The van der Waals surface area contributed by atoms with Crippen molar-refractivity contribution in [2.45, 2.75) is 0 Å². The predicted octanol–water partition coefficient (Wildman–Crippen LogP) is 8.42. The van der Waals surface area contributed by atoms with Crippen molar-refractivity contribution in [3.8, 4) is 0 Å². The second-order valence-corrected chi connectivity index (χ2v) is 26.3. The Hall–Kier alpha value is -4.57. The Morgan fingerprint density at radius 2 is 0.542 bits per heavy atom. The van der Waals surface area contributed by atoms with Gasteiger partial charge in [-0.15, -0.1) is 0 Å². The van der Waals surface area contributed by atoms with Crippen molar-refractivity contribution in [3.05, 3.63) is 212 Å². The molecular weight excluding hydrogens is 641 g/mol. The molecule has 48 heavy (non-hydrogen) atoms. The van der Waals surface area contributed by atoms with Crippen LogP contribution in [0.1, 0.15) is 0 Å². The van der Waals surface area contributed by atoms with E-state index in [1.807, 2.05) is 176 Å². The van der Waals surface area contributed by atoms with Crippen molar-refractivity contribution in [3.63, 3.8) is 0 Å². The van der Waals surface area contributed by atoms with Gasteiger partial charge in [0.2, 0.25) is 0 Å². The Balaban J connectivity index is 1.81. The van der Waals surface area contributed by atoms with E-state index in [1.54, 1.807) is 0 Å². The van der Waals surface area contributed by atoms with Crippen LogP contribution in [0.5, 0.6) is 0 Å². The molecule has 0 spiro atoms. The van der Waals surface area contributed by atoms with Crippen LogP contribution < -0.4 is 37.1 Å². The van der Waals surface area contributed by atoms with Crippen LogP contribution in [0.25, 0.3) is 0 Å². The Labute approximate surface area is 283 Å². The fourth-order valence-corrected chi connectivity index (χ4v) is 34.1. The molecule has 0 aliphatic rings. The number of rotatable bonds is 10. The molecule has 236 valence electrons. The third-order valence-electron chi connectivity index (χ3n) is 9.59. The van der Waals surface area contributed by atoms with E-state index in [4.69, 9.17) is 0 Å². The molecule has 0 N–H and O–H groups in total. The van der Waals surface area contributed by atoms with E-state index in [0.717, 1.165) is 37.1 Å². The first-order valence-corrected chi connectivity index (χ1v) is 22.9. The van der Waals surface area contributed by atoms with Crippen LogP contribution in [-0.4, -0.2) is 5.90 Å². The van der Waals surface area contributed by atoms with Crippen LogP contribution in [-0.2, 0) is 9.13 Å². The molecule has 0 fully saturated rings. The van der Waals surface area contributed by atoms with Crippen LogP contribution in [0, 0.1) is 0 Å². The summed E-state index contributed by atoms with van der Waals surface area (Å²) in [5.41, 5.74) is 0. The standard InChI is InChI=1S/C43H37O2P3/c44-46(37-22-8-1-9-23-37,38-24-10-2-11-25-38)36-48(41-30-16-5-17-31-41,42-32-18-6-19-33-42,43-34-20-7-21-35-43)47(45,39-26-12-3-13-27-39)40-28-14-4-15-29-40/h1-35H,36H2. The normalized spacial score (nSPS) is 12.9. The average Bonchev–Trinajstić information content (AvgIpc) is 3.19. The van der Waals surface area contributed by atoms with Gasteiger partial charge in [-0.25, -0.2) is 0 Å². The van der Waals surface area contributed by atoms with Gasteiger partial charge in [-0.05, 0) is 0 Å². The van der Waals surface area contributed by atoms with Gasteiger partial charge in [0.15, 0.2) is 0 Å². The van der Waals surface area contributed by atoms with Gasteiger partial charge in [-0.1, -0.05) is 0 Å². The number of hydrogen-bond acceptors (Lipinski definition) is 2. The Bertz CT molecular complexity index is 2010. The fourth-order valence-electron chi connectivity index (χ4n) is 7.47. The van der Waals surface area contributed by atoms with E-state index in [-0.39, 0.29) is 5.90 Å². The number of benzene rings is 7. The number of hydrogen-bond donors (Lipinski definition) is 0. The second-order valence-electron chi connectivity index (χ2n) is 12.1. The van der Waals surface area contributed by atoms with Crippen LogP contribution in [0.15, 0.2) is 212 Å². The van der Waals surface area contributed by atoms with Gasteiger partial charge in [0.05, 0.1) is 0 Å². The summed E-state index contributed by atoms with van der Waals surface area (Å²) in [5, 5.41) is 5.84. The molecular formula is C43H37O2P3. The second kappa shape index (κ2) is 13.1. The fraction of sp³-hybridized carbons (Fsp3) is 0.0233. The van der Waals surface area contributed by atoms with E-state index in [2.05, 4.69) is 36.4 Å². The van der Waals surface area contributed by atoms with Gasteiger partial charge in [-0.2, -0.15) is 0 Å². The van der Waals surface area contributed by atoms with E-state index in [0.29, 0.717) is 0 Å². The zero-order valence-corrected chi connectivity index (χ0v) is 29.3. The molecule has 0 aromatic heterocycles. The molecule has 0 amide bonds. The summed E-state index contributed by atoms with van der Waals surface area (Å²) in [6.07, 6.45) is -4.48. The molecule has 5 heteroatoms. The monoisotopic (exact) mass is 678 g/mol. The van der Waals surface area contributed by atoms with Crippen LogP contribution >= 0.6 is 20.3 Å². The SMILES string of the molecule is O=P(CP(c1ccccc1)(c1ccccc1)(c1ccccc1)P(=O)(c1ccccc1)c1ccccc1)(c1ccccc1)c1ccccc1. The Kier molecular flexibility index (Phi) is 8.76. The molecule has 0 bridgehead atoms. The molecule has 0 aliphatic carbocycles. The first kappa shape index (κ1) is 32.0. The van der Waals surface area contributed by atoms with Crippen molar-refractivity contribution in [1.82, 2.24) is 0 Å². The molecule has 0 unspecified atom stereocenters. The van der Waals surface area contributed by atoms with Gasteiger partial charge < -0.3 is 0 Å². The third kappa shape index (κ3) is 4.83. The van der Waals surface area contributed by atoms with Crippen molar-refractivity contribution < 1.29 is 9.13 Å². The van der Waals surface area contributed by atoms with Crippen molar-refractivity contribution >= 4 is 57.4 Å². The Morgan fingerprint density at radius 1 is 0.312 bits per heavy atom.